The van der Waals surface area contributed by atoms with Gasteiger partial charge in [0.05, 0.1) is 24.8 Å². The highest BCUT2D eigenvalue weighted by molar-refractivity contribution is 7.99. The Hall–Kier alpha value is -2.99. The lowest BCUT2D eigenvalue weighted by molar-refractivity contribution is -0.130. The van der Waals surface area contributed by atoms with Gasteiger partial charge in [-0.1, -0.05) is 30.3 Å². The van der Waals surface area contributed by atoms with Gasteiger partial charge in [-0.15, -0.1) is 11.8 Å². The molecule has 1 aliphatic heterocycles. The summed E-state index contributed by atoms with van der Waals surface area (Å²) in [7, 11) is 1.64. The summed E-state index contributed by atoms with van der Waals surface area (Å²) >= 11 is 1.59. The molecular weight excluding hydrogens is 384 g/mol. The predicted octanol–water partition coefficient (Wildman–Crippen LogP) is 4.90. The molecule has 1 amide bonds. The van der Waals surface area contributed by atoms with Crippen LogP contribution in [0.15, 0.2) is 82.5 Å². The number of hydrogen-bond donors (Lipinski definition) is 0. The number of carbonyl (C=O) groups is 1. The molecule has 2 heterocycles. The lowest BCUT2D eigenvalue weighted by atomic mass is 10.0. The molecule has 3 aromatic rings. The lowest BCUT2D eigenvalue weighted by Gasteiger charge is -2.19. The van der Waals surface area contributed by atoms with Crippen LogP contribution in [0, 0.1) is 0 Å². The first-order chi connectivity index (χ1) is 14.2. The van der Waals surface area contributed by atoms with Gasteiger partial charge in [0, 0.05) is 12.2 Å². The van der Waals surface area contributed by atoms with E-state index in [0.29, 0.717) is 12.2 Å². The Bertz CT molecular complexity index is 969. The average Bonchev–Trinajstić information content (AvgIpc) is 3.44. The van der Waals surface area contributed by atoms with Crippen molar-refractivity contribution in [3.05, 3.63) is 89.9 Å². The molecule has 1 aromatic heterocycles. The molecule has 0 saturated heterocycles. The molecule has 4 rings (SSSR count). The van der Waals surface area contributed by atoms with Crippen LogP contribution in [0.1, 0.15) is 29.3 Å². The van der Waals surface area contributed by atoms with Crippen LogP contribution >= 0.6 is 11.8 Å². The second kappa shape index (κ2) is 9.01. The van der Waals surface area contributed by atoms with E-state index in [4.69, 9.17) is 9.15 Å². The first-order valence-electron chi connectivity index (χ1n) is 9.43. The van der Waals surface area contributed by atoms with Crippen molar-refractivity contribution in [3.63, 3.8) is 0 Å². The van der Waals surface area contributed by atoms with Crippen LogP contribution in [0.4, 0.5) is 0 Å². The second-order valence-electron chi connectivity index (χ2n) is 6.73. The number of benzene rings is 2. The second-order valence-corrected chi connectivity index (χ2v) is 7.71. The van der Waals surface area contributed by atoms with Gasteiger partial charge in [-0.05, 0) is 47.5 Å². The number of furan rings is 1. The van der Waals surface area contributed by atoms with Crippen molar-refractivity contribution >= 4 is 23.4 Å². The summed E-state index contributed by atoms with van der Waals surface area (Å²) in [6, 6.07) is 21.4. The zero-order chi connectivity index (χ0) is 20.1. The molecule has 5 nitrogen and oxygen atoms in total. The number of rotatable bonds is 7. The molecule has 1 atom stereocenters. The first kappa shape index (κ1) is 19.3. The average molecular weight is 407 g/mol. The Labute approximate surface area is 174 Å². The van der Waals surface area contributed by atoms with Crippen molar-refractivity contribution in [2.24, 2.45) is 5.10 Å². The van der Waals surface area contributed by atoms with Gasteiger partial charge in [-0.3, -0.25) is 4.79 Å². The van der Waals surface area contributed by atoms with E-state index in [1.165, 1.54) is 5.56 Å². The fraction of sp³-hybridized carbons (Fsp3) is 0.217. The summed E-state index contributed by atoms with van der Waals surface area (Å²) in [5, 5.41) is 6.24. The highest BCUT2D eigenvalue weighted by Gasteiger charge is 2.34. The standard InChI is InChI=1S/C23H22N2O3S/c1-27-19-11-9-18(10-12-19)20-14-21(22-8-5-13-28-22)25(24-20)23(26)16-29-15-17-6-3-2-4-7-17/h2-13,21H,14-16H2,1H3/t21-/m0/s1. The molecule has 6 heteroatoms. The summed E-state index contributed by atoms with van der Waals surface area (Å²) < 4.78 is 10.8. The highest BCUT2D eigenvalue weighted by atomic mass is 32.2. The van der Waals surface area contributed by atoms with E-state index in [1.807, 2.05) is 54.6 Å². The molecule has 0 N–H and O–H groups in total. The van der Waals surface area contributed by atoms with Crippen molar-refractivity contribution in [3.8, 4) is 5.75 Å². The molecule has 0 unspecified atom stereocenters. The fourth-order valence-corrected chi connectivity index (χ4v) is 4.13. The number of hydrazone groups is 1. The SMILES string of the molecule is COc1ccc(C2=NN(C(=O)CSCc3ccccc3)[C@H](c3ccco3)C2)cc1. The van der Waals surface area contributed by atoms with Crippen molar-refractivity contribution in [1.29, 1.82) is 0 Å². The number of carbonyl (C=O) groups excluding carboxylic acids is 1. The summed E-state index contributed by atoms with van der Waals surface area (Å²) in [4.78, 5) is 13.0. The van der Waals surface area contributed by atoms with E-state index in [2.05, 4.69) is 17.2 Å². The van der Waals surface area contributed by atoms with Gasteiger partial charge in [-0.2, -0.15) is 5.10 Å². The number of thioether (sulfide) groups is 1. The predicted molar refractivity (Wildman–Crippen MR) is 115 cm³/mol. The van der Waals surface area contributed by atoms with E-state index in [9.17, 15) is 4.79 Å². The molecule has 2 aromatic carbocycles. The molecule has 0 bridgehead atoms. The third-order valence-corrected chi connectivity index (χ3v) is 5.79. The monoisotopic (exact) mass is 406 g/mol. The Morgan fingerprint density at radius 2 is 1.93 bits per heavy atom. The fourth-order valence-electron chi connectivity index (χ4n) is 3.30. The molecule has 0 aliphatic carbocycles. The van der Waals surface area contributed by atoms with Crippen LogP contribution < -0.4 is 4.74 Å². The third kappa shape index (κ3) is 4.54. The zero-order valence-corrected chi connectivity index (χ0v) is 17.0. The number of amides is 1. The molecule has 0 saturated carbocycles. The van der Waals surface area contributed by atoms with Gasteiger partial charge in [0.2, 0.25) is 0 Å². The molecule has 0 radical (unpaired) electrons. The third-order valence-electron chi connectivity index (χ3n) is 4.80. The maximum Gasteiger partial charge on any atom is 0.253 e. The van der Waals surface area contributed by atoms with Crippen LogP contribution in [0.25, 0.3) is 0 Å². The Morgan fingerprint density at radius 3 is 2.62 bits per heavy atom. The first-order valence-corrected chi connectivity index (χ1v) is 10.6. The van der Waals surface area contributed by atoms with Crippen molar-refractivity contribution in [2.75, 3.05) is 12.9 Å². The van der Waals surface area contributed by atoms with E-state index < -0.39 is 0 Å². The Balaban J connectivity index is 1.49. The summed E-state index contributed by atoms with van der Waals surface area (Å²) in [5.74, 6) is 2.68. The topological polar surface area (TPSA) is 55.0 Å². The van der Waals surface area contributed by atoms with E-state index in [1.54, 1.807) is 30.1 Å². The lowest BCUT2D eigenvalue weighted by Crippen LogP contribution is -2.28. The maximum atomic E-state index is 13.0. The minimum atomic E-state index is -0.216. The van der Waals surface area contributed by atoms with Gasteiger partial charge in [0.1, 0.15) is 17.6 Å². The van der Waals surface area contributed by atoms with Gasteiger partial charge in [0.25, 0.3) is 5.91 Å². The van der Waals surface area contributed by atoms with Crippen molar-refractivity contribution in [2.45, 2.75) is 18.2 Å². The quantitative estimate of drug-likeness (QED) is 0.560. The van der Waals surface area contributed by atoms with Crippen LogP contribution in [0.3, 0.4) is 0 Å². The smallest absolute Gasteiger partial charge is 0.253 e. The number of hydrogen-bond acceptors (Lipinski definition) is 5. The Kier molecular flexibility index (Phi) is 6.00. The van der Waals surface area contributed by atoms with Crippen LogP contribution in [0.5, 0.6) is 5.75 Å². The van der Waals surface area contributed by atoms with E-state index in [-0.39, 0.29) is 11.9 Å². The summed E-state index contributed by atoms with van der Waals surface area (Å²) in [6.07, 6.45) is 2.25. The largest absolute Gasteiger partial charge is 0.497 e. The molecule has 0 fully saturated rings. The van der Waals surface area contributed by atoms with Crippen LogP contribution in [-0.4, -0.2) is 29.5 Å². The number of nitrogens with zero attached hydrogens (tertiary/aromatic N) is 2. The zero-order valence-electron chi connectivity index (χ0n) is 16.2. The Morgan fingerprint density at radius 1 is 1.14 bits per heavy atom. The van der Waals surface area contributed by atoms with Crippen LogP contribution in [-0.2, 0) is 10.5 Å². The number of ether oxygens (including phenoxy) is 1. The normalized spacial score (nSPS) is 16.0. The molecule has 29 heavy (non-hydrogen) atoms. The molecule has 148 valence electrons. The minimum absolute atomic E-state index is 0.0177. The van der Waals surface area contributed by atoms with Gasteiger partial charge in [-0.25, -0.2) is 5.01 Å². The van der Waals surface area contributed by atoms with Gasteiger partial charge < -0.3 is 9.15 Å². The van der Waals surface area contributed by atoms with E-state index in [0.717, 1.165) is 28.5 Å². The highest BCUT2D eigenvalue weighted by Crippen LogP contribution is 2.34. The van der Waals surface area contributed by atoms with E-state index >= 15 is 0 Å². The molecule has 0 spiro atoms. The van der Waals surface area contributed by atoms with Gasteiger partial charge >= 0.3 is 0 Å². The summed E-state index contributed by atoms with van der Waals surface area (Å²) in [5.41, 5.74) is 3.06. The van der Waals surface area contributed by atoms with Gasteiger partial charge in [0.15, 0.2) is 0 Å². The van der Waals surface area contributed by atoms with Crippen molar-refractivity contribution in [1.82, 2.24) is 5.01 Å². The van der Waals surface area contributed by atoms with Crippen molar-refractivity contribution < 1.29 is 13.9 Å². The number of methoxy groups -OCH3 is 1. The minimum Gasteiger partial charge on any atom is -0.497 e. The molecular formula is C23H22N2O3S. The van der Waals surface area contributed by atoms with Crippen LogP contribution in [0.2, 0.25) is 0 Å². The molecule has 1 aliphatic rings. The summed E-state index contributed by atoms with van der Waals surface area (Å²) in [6.45, 7) is 0. The maximum absolute atomic E-state index is 13.0.